The van der Waals surface area contributed by atoms with Crippen molar-refractivity contribution in [1.82, 2.24) is 10.2 Å². The van der Waals surface area contributed by atoms with Gasteiger partial charge in [-0.2, -0.15) is 0 Å². The Bertz CT molecular complexity index is 1450. The van der Waals surface area contributed by atoms with Crippen LogP contribution in [-0.2, 0) is 4.79 Å². The van der Waals surface area contributed by atoms with Gasteiger partial charge in [0.1, 0.15) is 17.5 Å². The molecule has 2 amide bonds. The van der Waals surface area contributed by atoms with E-state index >= 15 is 0 Å². The van der Waals surface area contributed by atoms with E-state index in [1.165, 1.54) is 42.2 Å². The highest BCUT2D eigenvalue weighted by Crippen LogP contribution is 2.35. The molecule has 0 saturated carbocycles. The Balaban J connectivity index is 1.32. The first-order valence-electron chi connectivity index (χ1n) is 12.4. The average molecular weight is 570 g/mol. The van der Waals surface area contributed by atoms with Crippen molar-refractivity contribution in [2.45, 2.75) is 19.4 Å². The normalized spacial score (nSPS) is 16.9. The molecule has 11 heteroatoms. The average Bonchev–Trinajstić information content (AvgIpc) is 2.90. The fraction of sp³-hybridized carbons (Fsp3) is 0.241. The molecule has 0 fully saturated rings. The maximum atomic E-state index is 13.8. The van der Waals surface area contributed by atoms with E-state index in [0.29, 0.717) is 29.1 Å². The molecule has 0 bridgehead atoms. The third kappa shape index (κ3) is 6.88. The number of ketones is 1. The molecule has 40 heavy (non-hydrogen) atoms. The number of urea groups is 1. The first kappa shape index (κ1) is 28.8. The van der Waals surface area contributed by atoms with Gasteiger partial charge in [-0.3, -0.25) is 9.59 Å². The van der Waals surface area contributed by atoms with Gasteiger partial charge in [0.15, 0.2) is 17.3 Å². The molecule has 3 aromatic rings. The largest absolute Gasteiger partial charge is 0.481 e. The Morgan fingerprint density at radius 1 is 1.10 bits per heavy atom. The van der Waals surface area contributed by atoms with Gasteiger partial charge in [0.2, 0.25) is 0 Å². The molecule has 4 rings (SSSR count). The number of Topliss-reactive ketones (excluding diaryl/α,β-unsaturated/α-hetero) is 1. The number of halogens is 3. The van der Waals surface area contributed by atoms with Crippen molar-refractivity contribution in [3.8, 4) is 11.5 Å². The molecule has 2 unspecified atom stereocenters. The van der Waals surface area contributed by atoms with Crippen LogP contribution in [-0.4, -0.2) is 53.1 Å². The van der Waals surface area contributed by atoms with Crippen LogP contribution >= 0.6 is 11.6 Å². The molecule has 2 N–H and O–H groups in total. The first-order chi connectivity index (χ1) is 19.1. The number of nitrogens with zero attached hydrogens (tertiary/aromatic N) is 2. The summed E-state index contributed by atoms with van der Waals surface area (Å²) in [5, 5.41) is 13.3. The van der Waals surface area contributed by atoms with Crippen molar-refractivity contribution in [2.24, 2.45) is 10.9 Å². The zero-order valence-electron chi connectivity index (χ0n) is 21.4. The number of ether oxygens (including phenoxy) is 1. The monoisotopic (exact) mass is 569 g/mol. The van der Waals surface area contributed by atoms with Crippen LogP contribution in [0.15, 0.2) is 71.7 Å². The third-order valence-electron chi connectivity index (χ3n) is 6.41. The summed E-state index contributed by atoms with van der Waals surface area (Å²) in [6.45, 7) is 2.14. The summed E-state index contributed by atoms with van der Waals surface area (Å²) in [7, 11) is 0. The first-order valence-corrected chi connectivity index (χ1v) is 12.8. The Hall–Kier alpha value is -4.15. The molecule has 0 saturated heterocycles. The lowest BCUT2D eigenvalue weighted by molar-refractivity contribution is -0.141. The van der Waals surface area contributed by atoms with Gasteiger partial charge >= 0.3 is 12.0 Å². The summed E-state index contributed by atoms with van der Waals surface area (Å²) in [6.07, 6.45) is 0.438. The number of hydrogen-bond donors (Lipinski definition) is 2. The van der Waals surface area contributed by atoms with Gasteiger partial charge in [-0.05, 0) is 74.0 Å². The van der Waals surface area contributed by atoms with Gasteiger partial charge in [-0.15, -0.1) is 0 Å². The van der Waals surface area contributed by atoms with E-state index in [2.05, 4.69) is 10.3 Å². The van der Waals surface area contributed by atoms with Crippen molar-refractivity contribution < 1.29 is 33.0 Å². The lowest BCUT2D eigenvalue weighted by atomic mass is 9.87. The van der Waals surface area contributed by atoms with E-state index in [0.717, 1.165) is 12.1 Å². The molecule has 0 spiro atoms. The van der Waals surface area contributed by atoms with Crippen LogP contribution in [0.2, 0.25) is 5.02 Å². The SMILES string of the molecule is CC1=NC(=O)N(CCCNCC(=O)c2ccc(Oc3ccc(F)cc3F)cc2)C(c2cccc(Cl)c2)C1C(=O)O. The van der Waals surface area contributed by atoms with Crippen molar-refractivity contribution in [3.05, 3.63) is 94.5 Å². The van der Waals surface area contributed by atoms with Crippen LogP contribution in [0.1, 0.15) is 35.3 Å². The second kappa shape index (κ2) is 12.8. The summed E-state index contributed by atoms with van der Waals surface area (Å²) in [6, 6.07) is 14.5. The molecular formula is C29H26ClF2N3O5. The minimum absolute atomic E-state index is 0.0213. The molecule has 208 valence electrons. The lowest BCUT2D eigenvalue weighted by Crippen LogP contribution is -2.47. The van der Waals surface area contributed by atoms with E-state index in [-0.39, 0.29) is 36.1 Å². The van der Waals surface area contributed by atoms with E-state index in [1.807, 2.05) is 0 Å². The molecule has 0 aliphatic carbocycles. The van der Waals surface area contributed by atoms with Crippen LogP contribution in [0.3, 0.4) is 0 Å². The summed E-state index contributed by atoms with van der Waals surface area (Å²) in [5.74, 6) is -3.71. The minimum atomic E-state index is -1.09. The molecule has 1 aliphatic rings. The number of carbonyl (C=O) groups is 3. The highest BCUT2D eigenvalue weighted by Gasteiger charge is 2.42. The number of hydrogen-bond acceptors (Lipinski definition) is 5. The lowest BCUT2D eigenvalue weighted by Gasteiger charge is -2.38. The fourth-order valence-corrected chi connectivity index (χ4v) is 4.69. The van der Waals surface area contributed by atoms with Crippen LogP contribution in [0, 0.1) is 17.6 Å². The van der Waals surface area contributed by atoms with Gasteiger partial charge in [-0.25, -0.2) is 18.6 Å². The predicted octanol–water partition coefficient (Wildman–Crippen LogP) is 5.91. The van der Waals surface area contributed by atoms with Gasteiger partial charge in [0.05, 0.1) is 12.6 Å². The molecule has 1 aliphatic heterocycles. The van der Waals surface area contributed by atoms with E-state index < -0.39 is 35.6 Å². The van der Waals surface area contributed by atoms with Crippen LogP contribution < -0.4 is 10.1 Å². The molecule has 0 radical (unpaired) electrons. The zero-order chi connectivity index (χ0) is 28.8. The topological polar surface area (TPSA) is 108 Å². The third-order valence-corrected chi connectivity index (χ3v) is 6.65. The van der Waals surface area contributed by atoms with Crippen molar-refractivity contribution in [2.75, 3.05) is 19.6 Å². The summed E-state index contributed by atoms with van der Waals surface area (Å²) in [5.41, 5.74) is 1.22. The van der Waals surface area contributed by atoms with Gasteiger partial charge in [-0.1, -0.05) is 23.7 Å². The number of carboxylic acids is 1. The fourth-order valence-electron chi connectivity index (χ4n) is 4.50. The second-order valence-corrected chi connectivity index (χ2v) is 9.64. The van der Waals surface area contributed by atoms with Gasteiger partial charge in [0, 0.05) is 28.9 Å². The standard InChI is InChI=1S/C29H26ClF2N3O5/c1-17-26(28(37)38)27(19-4-2-5-20(30)14-19)35(29(39)34-17)13-3-12-33-16-24(36)18-6-9-22(10-7-18)40-25-11-8-21(31)15-23(25)32/h2,4-11,14-15,26-27,33H,3,12-13,16H2,1H3,(H,37,38). The number of aliphatic imine (C=N–C) groups is 1. The maximum Gasteiger partial charge on any atom is 0.344 e. The van der Waals surface area contributed by atoms with Crippen molar-refractivity contribution in [1.29, 1.82) is 0 Å². The molecule has 0 aromatic heterocycles. The number of rotatable bonds is 11. The van der Waals surface area contributed by atoms with E-state index in [9.17, 15) is 28.3 Å². The maximum absolute atomic E-state index is 13.8. The number of aliphatic carboxylic acids is 1. The minimum Gasteiger partial charge on any atom is -0.481 e. The number of benzene rings is 3. The molecular weight excluding hydrogens is 544 g/mol. The summed E-state index contributed by atoms with van der Waals surface area (Å²) >= 11 is 6.14. The van der Waals surface area contributed by atoms with E-state index in [1.54, 1.807) is 24.3 Å². The second-order valence-electron chi connectivity index (χ2n) is 9.20. The highest BCUT2D eigenvalue weighted by atomic mass is 35.5. The molecule has 8 nitrogen and oxygen atoms in total. The Kier molecular flexibility index (Phi) is 9.23. The van der Waals surface area contributed by atoms with Gasteiger partial charge < -0.3 is 20.1 Å². The number of carboxylic acid groups (broad SMARTS) is 1. The summed E-state index contributed by atoms with van der Waals surface area (Å²) < 4.78 is 32.3. The molecule has 3 aromatic carbocycles. The van der Waals surface area contributed by atoms with Crippen molar-refractivity contribution in [3.63, 3.8) is 0 Å². The van der Waals surface area contributed by atoms with Gasteiger partial charge in [0.25, 0.3) is 0 Å². The van der Waals surface area contributed by atoms with Crippen LogP contribution in [0.4, 0.5) is 13.6 Å². The zero-order valence-corrected chi connectivity index (χ0v) is 22.2. The quantitative estimate of drug-likeness (QED) is 0.219. The Morgan fingerprint density at radius 3 is 2.52 bits per heavy atom. The molecule has 1 heterocycles. The highest BCUT2D eigenvalue weighted by molar-refractivity contribution is 6.30. The smallest absolute Gasteiger partial charge is 0.344 e. The summed E-state index contributed by atoms with van der Waals surface area (Å²) in [4.78, 5) is 42.8. The van der Waals surface area contributed by atoms with Crippen LogP contribution in [0.5, 0.6) is 11.5 Å². The predicted molar refractivity (Wildman–Crippen MR) is 145 cm³/mol. The van der Waals surface area contributed by atoms with E-state index in [4.69, 9.17) is 16.3 Å². The number of amides is 2. The van der Waals surface area contributed by atoms with Crippen LogP contribution in [0.25, 0.3) is 0 Å². The van der Waals surface area contributed by atoms with Crippen molar-refractivity contribution >= 4 is 35.1 Å². The Labute approximate surface area is 234 Å². The molecule has 2 atom stereocenters. The Morgan fingerprint density at radius 2 is 1.85 bits per heavy atom. The number of nitrogens with one attached hydrogen (secondary N) is 1. The number of carbonyl (C=O) groups excluding carboxylic acids is 2.